The molecule has 0 bridgehead atoms. The molecule has 0 aromatic heterocycles. The fraction of sp³-hybridized carbons (Fsp3) is 0.235. The molecule has 0 fully saturated rings. The summed E-state index contributed by atoms with van der Waals surface area (Å²) in [6, 6.07) is 15.6. The molecular formula is C17H21N3O. The number of urea groups is 1. The lowest BCUT2D eigenvalue weighted by atomic mass is 10.1. The minimum Gasteiger partial charge on any atom is -0.376 e. The second-order valence-corrected chi connectivity index (χ2v) is 5.21. The van der Waals surface area contributed by atoms with Crippen LogP contribution < -0.4 is 15.5 Å². The van der Waals surface area contributed by atoms with E-state index in [9.17, 15) is 4.79 Å². The molecule has 0 atom stereocenters. The van der Waals surface area contributed by atoms with Crippen LogP contribution in [0.4, 0.5) is 16.2 Å². The first kappa shape index (κ1) is 14.9. The second-order valence-electron chi connectivity index (χ2n) is 5.21. The highest BCUT2D eigenvalue weighted by molar-refractivity contribution is 5.93. The van der Waals surface area contributed by atoms with Crippen LogP contribution in [-0.2, 0) is 6.54 Å². The first-order valence-electron chi connectivity index (χ1n) is 6.93. The predicted molar refractivity (Wildman–Crippen MR) is 87.8 cm³/mol. The molecule has 0 unspecified atom stereocenters. The van der Waals surface area contributed by atoms with Crippen molar-refractivity contribution in [3.05, 3.63) is 59.7 Å². The van der Waals surface area contributed by atoms with Crippen molar-refractivity contribution in [2.75, 3.05) is 24.3 Å². The van der Waals surface area contributed by atoms with Gasteiger partial charge in [0.05, 0.1) is 11.4 Å². The van der Waals surface area contributed by atoms with Crippen LogP contribution in [-0.4, -0.2) is 20.1 Å². The Morgan fingerprint density at radius 1 is 1.10 bits per heavy atom. The summed E-state index contributed by atoms with van der Waals surface area (Å²) in [5.74, 6) is 0. The van der Waals surface area contributed by atoms with Gasteiger partial charge in [-0.05, 0) is 24.6 Å². The molecule has 0 aliphatic carbocycles. The molecule has 110 valence electrons. The highest BCUT2D eigenvalue weighted by atomic mass is 16.2. The Hall–Kier alpha value is -2.49. The van der Waals surface area contributed by atoms with Gasteiger partial charge in [-0.25, -0.2) is 4.79 Å². The highest BCUT2D eigenvalue weighted by Gasteiger charge is 2.07. The highest BCUT2D eigenvalue weighted by Crippen LogP contribution is 2.23. The third-order valence-electron chi connectivity index (χ3n) is 3.17. The number of carbonyl (C=O) groups is 1. The van der Waals surface area contributed by atoms with Crippen LogP contribution in [0.15, 0.2) is 48.5 Å². The second kappa shape index (κ2) is 6.79. The van der Waals surface area contributed by atoms with Crippen LogP contribution in [0.5, 0.6) is 0 Å². The summed E-state index contributed by atoms with van der Waals surface area (Å²) in [7, 11) is 3.90. The van der Waals surface area contributed by atoms with Crippen LogP contribution in [0, 0.1) is 6.92 Å². The van der Waals surface area contributed by atoms with E-state index in [0.717, 1.165) is 16.9 Å². The molecule has 0 spiro atoms. The third-order valence-corrected chi connectivity index (χ3v) is 3.17. The SMILES string of the molecule is Cc1cccc(CNC(=O)Nc2ccccc2N(C)C)c1. The molecule has 2 rings (SSSR count). The predicted octanol–water partition coefficient (Wildman–Crippen LogP) is 3.38. The van der Waals surface area contributed by atoms with Gasteiger partial charge in [0.2, 0.25) is 0 Å². The van der Waals surface area contributed by atoms with Crippen LogP contribution in [0.3, 0.4) is 0 Å². The van der Waals surface area contributed by atoms with Gasteiger partial charge in [-0.15, -0.1) is 0 Å². The van der Waals surface area contributed by atoms with Crippen molar-refractivity contribution in [3.8, 4) is 0 Å². The summed E-state index contributed by atoms with van der Waals surface area (Å²) in [5, 5.41) is 5.76. The van der Waals surface area contributed by atoms with Gasteiger partial charge in [0, 0.05) is 20.6 Å². The smallest absolute Gasteiger partial charge is 0.319 e. The number of amides is 2. The molecule has 21 heavy (non-hydrogen) atoms. The topological polar surface area (TPSA) is 44.4 Å². The summed E-state index contributed by atoms with van der Waals surface area (Å²) < 4.78 is 0. The monoisotopic (exact) mass is 283 g/mol. The molecule has 4 heteroatoms. The first-order valence-corrected chi connectivity index (χ1v) is 6.93. The van der Waals surface area contributed by atoms with E-state index in [-0.39, 0.29) is 6.03 Å². The fourth-order valence-corrected chi connectivity index (χ4v) is 2.14. The van der Waals surface area contributed by atoms with Crippen LogP contribution >= 0.6 is 0 Å². The lowest BCUT2D eigenvalue weighted by molar-refractivity contribution is 0.251. The van der Waals surface area contributed by atoms with Gasteiger partial charge in [-0.3, -0.25) is 0 Å². The third kappa shape index (κ3) is 4.24. The maximum atomic E-state index is 12.0. The van der Waals surface area contributed by atoms with Crippen molar-refractivity contribution in [3.63, 3.8) is 0 Å². The number of rotatable bonds is 4. The summed E-state index contributed by atoms with van der Waals surface area (Å²) >= 11 is 0. The summed E-state index contributed by atoms with van der Waals surface area (Å²) in [5.41, 5.74) is 4.05. The molecule has 0 saturated carbocycles. The standard InChI is InChI=1S/C17H21N3O/c1-13-7-6-8-14(11-13)12-18-17(21)19-15-9-4-5-10-16(15)20(2)3/h4-11H,12H2,1-3H3,(H2,18,19,21). The van der Waals surface area contributed by atoms with Gasteiger partial charge < -0.3 is 15.5 Å². The Morgan fingerprint density at radius 3 is 2.57 bits per heavy atom. The van der Waals surface area contributed by atoms with Crippen LogP contribution in [0.2, 0.25) is 0 Å². The summed E-state index contributed by atoms with van der Waals surface area (Å²) in [4.78, 5) is 14.0. The van der Waals surface area contributed by atoms with E-state index >= 15 is 0 Å². The van der Waals surface area contributed by atoms with E-state index < -0.39 is 0 Å². The average Bonchev–Trinajstić information content (AvgIpc) is 2.45. The zero-order valence-electron chi connectivity index (χ0n) is 12.7. The number of anilines is 2. The van der Waals surface area contributed by atoms with E-state index in [1.165, 1.54) is 5.56 Å². The van der Waals surface area contributed by atoms with E-state index in [4.69, 9.17) is 0 Å². The van der Waals surface area contributed by atoms with Gasteiger partial charge in [0.25, 0.3) is 0 Å². The Labute approximate surface area is 125 Å². The van der Waals surface area contributed by atoms with Gasteiger partial charge >= 0.3 is 6.03 Å². The number of para-hydroxylation sites is 2. The summed E-state index contributed by atoms with van der Waals surface area (Å²) in [6.07, 6.45) is 0. The number of benzene rings is 2. The van der Waals surface area contributed by atoms with Crippen molar-refractivity contribution in [1.82, 2.24) is 5.32 Å². The molecule has 0 aliphatic heterocycles. The van der Waals surface area contributed by atoms with E-state index in [1.807, 2.05) is 68.4 Å². The van der Waals surface area contributed by atoms with Crippen molar-refractivity contribution in [2.24, 2.45) is 0 Å². The van der Waals surface area contributed by atoms with Crippen LogP contribution in [0.25, 0.3) is 0 Å². The largest absolute Gasteiger partial charge is 0.376 e. The van der Waals surface area contributed by atoms with Gasteiger partial charge in [-0.2, -0.15) is 0 Å². The van der Waals surface area contributed by atoms with Crippen molar-refractivity contribution in [2.45, 2.75) is 13.5 Å². The molecule has 2 N–H and O–H groups in total. The molecule has 0 saturated heterocycles. The van der Waals surface area contributed by atoms with Crippen molar-refractivity contribution >= 4 is 17.4 Å². The summed E-state index contributed by atoms with van der Waals surface area (Å²) in [6.45, 7) is 2.55. The molecule has 0 heterocycles. The molecule has 2 aromatic carbocycles. The van der Waals surface area contributed by atoms with Gasteiger partial charge in [0.1, 0.15) is 0 Å². The quantitative estimate of drug-likeness (QED) is 0.903. The molecule has 2 amide bonds. The molecule has 0 radical (unpaired) electrons. The maximum Gasteiger partial charge on any atom is 0.319 e. The number of hydrogen-bond acceptors (Lipinski definition) is 2. The number of carbonyl (C=O) groups excluding carboxylic acids is 1. The number of nitrogens with one attached hydrogen (secondary N) is 2. The number of nitrogens with zero attached hydrogens (tertiary/aromatic N) is 1. The van der Waals surface area contributed by atoms with Gasteiger partial charge in [-0.1, -0.05) is 42.0 Å². The fourth-order valence-electron chi connectivity index (χ4n) is 2.14. The van der Waals surface area contributed by atoms with E-state index in [1.54, 1.807) is 0 Å². The molecule has 4 nitrogen and oxygen atoms in total. The van der Waals surface area contributed by atoms with Crippen molar-refractivity contribution in [1.29, 1.82) is 0 Å². The Bertz CT molecular complexity index is 623. The van der Waals surface area contributed by atoms with E-state index in [0.29, 0.717) is 6.54 Å². The maximum absolute atomic E-state index is 12.0. The molecular weight excluding hydrogens is 262 g/mol. The Balaban J connectivity index is 1.96. The van der Waals surface area contributed by atoms with E-state index in [2.05, 4.69) is 16.7 Å². The Kier molecular flexibility index (Phi) is 4.82. The number of aryl methyl sites for hydroxylation is 1. The molecule has 0 aliphatic rings. The lowest BCUT2D eigenvalue weighted by Crippen LogP contribution is -2.29. The normalized spacial score (nSPS) is 10.0. The average molecular weight is 283 g/mol. The van der Waals surface area contributed by atoms with Crippen LogP contribution in [0.1, 0.15) is 11.1 Å². The Morgan fingerprint density at radius 2 is 1.86 bits per heavy atom. The first-order chi connectivity index (χ1) is 10.1. The minimum atomic E-state index is -0.203. The number of hydrogen-bond donors (Lipinski definition) is 2. The zero-order chi connectivity index (χ0) is 15.2. The minimum absolute atomic E-state index is 0.203. The van der Waals surface area contributed by atoms with Gasteiger partial charge in [0.15, 0.2) is 0 Å². The lowest BCUT2D eigenvalue weighted by Gasteiger charge is -2.18. The zero-order valence-corrected chi connectivity index (χ0v) is 12.7. The molecule has 2 aromatic rings. The van der Waals surface area contributed by atoms with Crippen molar-refractivity contribution < 1.29 is 4.79 Å².